The van der Waals surface area contributed by atoms with Crippen LogP contribution in [-0.2, 0) is 9.53 Å². The number of carbonyl (C=O) groups is 2. The summed E-state index contributed by atoms with van der Waals surface area (Å²) in [5.74, 6) is -0.490. The molecule has 0 aromatic rings. The third-order valence-corrected chi connectivity index (χ3v) is 2.17. The van der Waals surface area contributed by atoms with Crippen LogP contribution in [0.2, 0.25) is 0 Å². The van der Waals surface area contributed by atoms with Crippen LogP contribution in [0.4, 0.5) is 4.79 Å². The molecule has 0 aromatic carbocycles. The summed E-state index contributed by atoms with van der Waals surface area (Å²) >= 11 is 0. The number of urea groups is 1. The van der Waals surface area contributed by atoms with Crippen LogP contribution in [0, 0.1) is 0 Å². The minimum Gasteiger partial charge on any atom is -0.370 e. The van der Waals surface area contributed by atoms with E-state index in [-0.39, 0.29) is 18.7 Å². The van der Waals surface area contributed by atoms with Crippen molar-refractivity contribution in [2.75, 3.05) is 26.8 Å². The van der Waals surface area contributed by atoms with Gasteiger partial charge in [-0.25, -0.2) is 4.79 Å². The van der Waals surface area contributed by atoms with Crippen LogP contribution in [0.1, 0.15) is 6.42 Å². The number of primary amides is 1. The first-order chi connectivity index (χ1) is 6.65. The fourth-order valence-electron chi connectivity index (χ4n) is 1.32. The van der Waals surface area contributed by atoms with Crippen molar-refractivity contribution in [3.63, 3.8) is 0 Å². The fourth-order valence-corrected chi connectivity index (χ4v) is 1.32. The maximum atomic E-state index is 11.2. The van der Waals surface area contributed by atoms with Gasteiger partial charge in [-0.15, -0.1) is 0 Å². The Balaban J connectivity index is 2.19. The summed E-state index contributed by atoms with van der Waals surface area (Å²) in [5.41, 5.74) is 4.90. The molecule has 14 heavy (non-hydrogen) atoms. The monoisotopic (exact) mass is 201 g/mol. The van der Waals surface area contributed by atoms with Crippen molar-refractivity contribution in [3.05, 3.63) is 0 Å². The van der Waals surface area contributed by atoms with Crippen molar-refractivity contribution in [2.45, 2.75) is 12.5 Å². The molecule has 0 bridgehead atoms. The van der Waals surface area contributed by atoms with E-state index in [9.17, 15) is 9.59 Å². The first kappa shape index (κ1) is 10.8. The molecule has 6 heteroatoms. The molecule has 0 aromatic heterocycles. The van der Waals surface area contributed by atoms with Crippen molar-refractivity contribution < 1.29 is 14.3 Å². The molecule has 80 valence electrons. The van der Waals surface area contributed by atoms with Crippen molar-refractivity contribution in [1.82, 2.24) is 10.2 Å². The lowest BCUT2D eigenvalue weighted by Gasteiger charge is -2.40. The average molecular weight is 201 g/mol. The van der Waals surface area contributed by atoms with E-state index < -0.39 is 5.91 Å². The van der Waals surface area contributed by atoms with Crippen LogP contribution in [-0.4, -0.2) is 49.7 Å². The molecule has 3 amide bonds. The highest BCUT2D eigenvalue weighted by Crippen LogP contribution is 2.17. The molecule has 1 fully saturated rings. The van der Waals surface area contributed by atoms with E-state index in [2.05, 4.69) is 5.32 Å². The Kier molecular flexibility index (Phi) is 3.70. The standard InChI is InChI=1S/C8H15N3O3/c1-10-8(13)11-3-2-6(11)4-14-5-7(9)12/h6H,2-5H2,1H3,(H2,9,12)(H,10,13). The molecular weight excluding hydrogens is 186 g/mol. The van der Waals surface area contributed by atoms with Gasteiger partial charge >= 0.3 is 6.03 Å². The molecule has 0 saturated carbocycles. The highest BCUT2D eigenvalue weighted by molar-refractivity contribution is 5.75. The number of likely N-dealkylation sites (tertiary alicyclic amines) is 1. The zero-order chi connectivity index (χ0) is 10.6. The predicted molar refractivity (Wildman–Crippen MR) is 49.6 cm³/mol. The molecule has 0 radical (unpaired) electrons. The van der Waals surface area contributed by atoms with Gasteiger partial charge in [-0.05, 0) is 6.42 Å². The molecular formula is C8H15N3O3. The second kappa shape index (κ2) is 4.80. The van der Waals surface area contributed by atoms with E-state index in [0.29, 0.717) is 6.61 Å². The van der Waals surface area contributed by atoms with Crippen LogP contribution in [0.5, 0.6) is 0 Å². The fraction of sp³-hybridized carbons (Fsp3) is 0.750. The maximum absolute atomic E-state index is 11.2. The summed E-state index contributed by atoms with van der Waals surface area (Å²) in [4.78, 5) is 23.2. The summed E-state index contributed by atoms with van der Waals surface area (Å²) in [6.45, 7) is 1.03. The lowest BCUT2D eigenvalue weighted by atomic mass is 10.1. The molecule has 1 aliphatic rings. The van der Waals surface area contributed by atoms with E-state index in [1.54, 1.807) is 11.9 Å². The maximum Gasteiger partial charge on any atom is 0.317 e. The van der Waals surface area contributed by atoms with Gasteiger partial charge in [-0.1, -0.05) is 0 Å². The number of rotatable bonds is 4. The molecule has 1 heterocycles. The smallest absolute Gasteiger partial charge is 0.317 e. The molecule has 1 saturated heterocycles. The van der Waals surface area contributed by atoms with E-state index in [4.69, 9.17) is 10.5 Å². The van der Waals surface area contributed by atoms with Gasteiger partial charge in [0.1, 0.15) is 6.61 Å². The second-order valence-corrected chi connectivity index (χ2v) is 3.17. The highest BCUT2D eigenvalue weighted by Gasteiger charge is 2.31. The van der Waals surface area contributed by atoms with E-state index in [0.717, 1.165) is 13.0 Å². The van der Waals surface area contributed by atoms with Gasteiger partial charge in [-0.2, -0.15) is 0 Å². The van der Waals surface area contributed by atoms with Crippen LogP contribution < -0.4 is 11.1 Å². The van der Waals surface area contributed by atoms with Crippen molar-refractivity contribution >= 4 is 11.9 Å². The van der Waals surface area contributed by atoms with Gasteiger partial charge in [0.05, 0.1) is 12.6 Å². The highest BCUT2D eigenvalue weighted by atomic mass is 16.5. The molecule has 1 aliphatic heterocycles. The first-order valence-corrected chi connectivity index (χ1v) is 4.49. The van der Waals surface area contributed by atoms with E-state index >= 15 is 0 Å². The molecule has 0 spiro atoms. The number of carbonyl (C=O) groups excluding carboxylic acids is 2. The number of hydrogen-bond acceptors (Lipinski definition) is 3. The average Bonchev–Trinajstić information content (AvgIpc) is 2.09. The van der Waals surface area contributed by atoms with E-state index in [1.807, 2.05) is 0 Å². The summed E-state index contributed by atoms with van der Waals surface area (Å²) in [7, 11) is 1.59. The molecule has 3 N–H and O–H groups in total. The summed E-state index contributed by atoms with van der Waals surface area (Å²) < 4.78 is 5.03. The van der Waals surface area contributed by atoms with Gasteiger partial charge < -0.3 is 20.7 Å². The third-order valence-electron chi connectivity index (χ3n) is 2.17. The molecule has 1 unspecified atom stereocenters. The van der Waals surface area contributed by atoms with Gasteiger partial charge in [0.15, 0.2) is 0 Å². The first-order valence-electron chi connectivity index (χ1n) is 4.49. The van der Waals surface area contributed by atoms with Crippen LogP contribution >= 0.6 is 0 Å². The minimum atomic E-state index is -0.490. The number of hydrogen-bond donors (Lipinski definition) is 2. The van der Waals surface area contributed by atoms with Crippen LogP contribution in [0.25, 0.3) is 0 Å². The molecule has 0 aliphatic carbocycles. The van der Waals surface area contributed by atoms with Gasteiger partial charge in [0.25, 0.3) is 0 Å². The quantitative estimate of drug-likeness (QED) is 0.605. The lowest BCUT2D eigenvalue weighted by molar-refractivity contribution is -0.123. The number of nitrogens with one attached hydrogen (secondary N) is 1. The Morgan fingerprint density at radius 1 is 1.64 bits per heavy atom. The SMILES string of the molecule is CNC(=O)N1CCC1COCC(N)=O. The second-order valence-electron chi connectivity index (χ2n) is 3.17. The predicted octanol–water partition coefficient (Wildman–Crippen LogP) is -1.10. The van der Waals surface area contributed by atoms with Gasteiger partial charge in [0.2, 0.25) is 5.91 Å². The normalized spacial score (nSPS) is 20.1. The Labute approximate surface area is 82.4 Å². The lowest BCUT2D eigenvalue weighted by Crippen LogP contribution is -2.56. The number of amides is 3. The number of nitrogens with two attached hydrogens (primary N) is 1. The summed E-state index contributed by atoms with van der Waals surface area (Å²) in [6, 6.07) is -0.0294. The van der Waals surface area contributed by atoms with Crippen molar-refractivity contribution in [1.29, 1.82) is 0 Å². The van der Waals surface area contributed by atoms with Crippen LogP contribution in [0.3, 0.4) is 0 Å². The Morgan fingerprint density at radius 2 is 2.36 bits per heavy atom. The Morgan fingerprint density at radius 3 is 2.79 bits per heavy atom. The number of ether oxygens (including phenoxy) is 1. The zero-order valence-corrected chi connectivity index (χ0v) is 8.16. The summed E-state index contributed by atoms with van der Waals surface area (Å²) in [6.07, 6.45) is 0.909. The summed E-state index contributed by atoms with van der Waals surface area (Å²) in [5, 5.41) is 2.54. The van der Waals surface area contributed by atoms with Gasteiger partial charge in [-0.3, -0.25) is 4.79 Å². The largest absolute Gasteiger partial charge is 0.370 e. The topological polar surface area (TPSA) is 84.7 Å². The molecule has 1 atom stereocenters. The Bertz CT molecular complexity index is 232. The number of nitrogens with zero attached hydrogens (tertiary/aromatic N) is 1. The van der Waals surface area contributed by atoms with E-state index in [1.165, 1.54) is 0 Å². The minimum absolute atomic E-state index is 0.0781. The molecule has 1 rings (SSSR count). The third kappa shape index (κ3) is 2.59. The van der Waals surface area contributed by atoms with Crippen LogP contribution in [0.15, 0.2) is 0 Å². The van der Waals surface area contributed by atoms with Crippen molar-refractivity contribution in [3.8, 4) is 0 Å². The van der Waals surface area contributed by atoms with Gasteiger partial charge in [0, 0.05) is 13.6 Å². The Hall–Kier alpha value is -1.30. The van der Waals surface area contributed by atoms with Crippen molar-refractivity contribution in [2.24, 2.45) is 5.73 Å². The zero-order valence-electron chi connectivity index (χ0n) is 8.16. The molecule has 6 nitrogen and oxygen atoms in total.